The predicted octanol–water partition coefficient (Wildman–Crippen LogP) is 3.53. The molecule has 1 heterocycles. The number of hydrogen-bond donors (Lipinski definition) is 2. The van der Waals surface area contributed by atoms with Crippen molar-refractivity contribution in [2.24, 2.45) is 0 Å². The Labute approximate surface area is 128 Å². The van der Waals surface area contributed by atoms with Crippen molar-refractivity contribution < 1.29 is 9.59 Å². The smallest absolute Gasteiger partial charge is 0.265 e. The Morgan fingerprint density at radius 3 is 2.67 bits per heavy atom. The highest BCUT2D eigenvalue weighted by molar-refractivity contribution is 7.12. The van der Waals surface area contributed by atoms with Crippen molar-refractivity contribution in [3.63, 3.8) is 0 Å². The molecule has 0 bridgehead atoms. The lowest BCUT2D eigenvalue weighted by molar-refractivity contribution is 0.0938. The molecule has 1 atom stereocenters. The van der Waals surface area contributed by atoms with Crippen LogP contribution in [0.2, 0.25) is 0 Å². The van der Waals surface area contributed by atoms with Crippen LogP contribution in [0.1, 0.15) is 40.3 Å². The molecule has 0 fully saturated rings. The second-order valence-corrected chi connectivity index (χ2v) is 5.74. The van der Waals surface area contributed by atoms with Crippen molar-refractivity contribution in [2.45, 2.75) is 26.3 Å². The summed E-state index contributed by atoms with van der Waals surface area (Å²) in [5.41, 5.74) is 1.16. The van der Waals surface area contributed by atoms with Crippen molar-refractivity contribution in [3.05, 3.63) is 52.2 Å². The van der Waals surface area contributed by atoms with Crippen LogP contribution in [0.4, 0.5) is 5.69 Å². The molecule has 2 N–H and O–H groups in total. The molecule has 5 heteroatoms. The quantitative estimate of drug-likeness (QED) is 0.887. The van der Waals surface area contributed by atoms with E-state index in [1.165, 1.54) is 11.3 Å². The second-order valence-electron chi connectivity index (χ2n) is 4.79. The maximum absolute atomic E-state index is 12.1. The highest BCUT2D eigenvalue weighted by atomic mass is 32.1. The van der Waals surface area contributed by atoms with E-state index in [9.17, 15) is 9.59 Å². The summed E-state index contributed by atoms with van der Waals surface area (Å²) in [6.45, 7) is 3.98. The summed E-state index contributed by atoms with van der Waals surface area (Å²) in [5.74, 6) is -0.291. The van der Waals surface area contributed by atoms with E-state index >= 15 is 0 Å². The van der Waals surface area contributed by atoms with Gasteiger partial charge in [-0.2, -0.15) is 0 Å². The summed E-state index contributed by atoms with van der Waals surface area (Å²) >= 11 is 1.38. The summed E-state index contributed by atoms with van der Waals surface area (Å²) in [6.07, 6.45) is 0.876. The van der Waals surface area contributed by atoms with E-state index in [2.05, 4.69) is 10.6 Å². The molecule has 21 heavy (non-hydrogen) atoms. The first-order chi connectivity index (χ1) is 10.1. The van der Waals surface area contributed by atoms with Gasteiger partial charge >= 0.3 is 0 Å². The Balaban J connectivity index is 2.07. The van der Waals surface area contributed by atoms with E-state index in [4.69, 9.17) is 0 Å². The maximum atomic E-state index is 12.1. The summed E-state index contributed by atoms with van der Waals surface area (Å²) in [6, 6.07) is 10.7. The number of rotatable bonds is 5. The van der Waals surface area contributed by atoms with Crippen molar-refractivity contribution in [2.75, 3.05) is 5.32 Å². The van der Waals surface area contributed by atoms with Gasteiger partial charge in [0.15, 0.2) is 0 Å². The van der Waals surface area contributed by atoms with Crippen molar-refractivity contribution in [1.29, 1.82) is 0 Å². The number of benzene rings is 1. The Bertz CT molecular complexity index is 623. The van der Waals surface area contributed by atoms with Crippen molar-refractivity contribution in [3.8, 4) is 0 Å². The maximum Gasteiger partial charge on any atom is 0.265 e. The van der Waals surface area contributed by atoms with E-state index in [1.807, 2.05) is 25.3 Å². The molecule has 0 saturated carbocycles. The number of carbonyl (C=O) groups excluding carboxylic acids is 2. The van der Waals surface area contributed by atoms with Crippen LogP contribution in [-0.2, 0) is 0 Å². The molecule has 1 aromatic heterocycles. The highest BCUT2D eigenvalue weighted by Crippen LogP contribution is 2.15. The lowest BCUT2D eigenvalue weighted by atomic mass is 10.1. The van der Waals surface area contributed by atoms with E-state index < -0.39 is 0 Å². The minimum atomic E-state index is -0.163. The fourth-order valence-corrected chi connectivity index (χ4v) is 2.37. The lowest BCUT2D eigenvalue weighted by Crippen LogP contribution is -2.31. The van der Waals surface area contributed by atoms with Gasteiger partial charge in [-0.3, -0.25) is 9.59 Å². The molecule has 2 rings (SSSR count). The second kappa shape index (κ2) is 7.04. The molecule has 0 aliphatic carbocycles. The Hall–Kier alpha value is -2.14. The van der Waals surface area contributed by atoms with Crippen LogP contribution in [0.25, 0.3) is 0 Å². The lowest BCUT2D eigenvalue weighted by Gasteiger charge is -2.12. The third-order valence-electron chi connectivity index (χ3n) is 3.12. The zero-order valence-electron chi connectivity index (χ0n) is 12.1. The first kappa shape index (κ1) is 15.3. The topological polar surface area (TPSA) is 58.2 Å². The molecule has 0 saturated heterocycles. The van der Waals surface area contributed by atoms with E-state index in [-0.39, 0.29) is 17.9 Å². The van der Waals surface area contributed by atoms with Gasteiger partial charge in [-0.1, -0.05) is 19.1 Å². The summed E-state index contributed by atoms with van der Waals surface area (Å²) in [5, 5.41) is 7.55. The minimum Gasteiger partial charge on any atom is -0.350 e. The zero-order chi connectivity index (χ0) is 15.2. The first-order valence-electron chi connectivity index (χ1n) is 6.86. The van der Waals surface area contributed by atoms with E-state index in [0.717, 1.165) is 6.42 Å². The van der Waals surface area contributed by atoms with Crippen LogP contribution in [0.5, 0.6) is 0 Å². The Morgan fingerprint density at radius 2 is 2.00 bits per heavy atom. The average molecular weight is 302 g/mol. The Morgan fingerprint density at radius 1 is 1.19 bits per heavy atom. The molecular weight excluding hydrogens is 284 g/mol. The van der Waals surface area contributed by atoms with Crippen LogP contribution in [0.3, 0.4) is 0 Å². The molecule has 1 aromatic carbocycles. The van der Waals surface area contributed by atoms with Gasteiger partial charge in [0.2, 0.25) is 0 Å². The fraction of sp³-hybridized carbons (Fsp3) is 0.250. The third-order valence-corrected chi connectivity index (χ3v) is 3.99. The van der Waals surface area contributed by atoms with Crippen molar-refractivity contribution >= 4 is 28.8 Å². The van der Waals surface area contributed by atoms with Crippen LogP contribution in [0.15, 0.2) is 41.8 Å². The monoisotopic (exact) mass is 302 g/mol. The van der Waals surface area contributed by atoms with E-state index in [1.54, 1.807) is 30.3 Å². The third kappa shape index (κ3) is 4.16. The SMILES string of the molecule is CCC(C)NC(=O)c1cccc(NC(=O)c2cccs2)c1. The Kier molecular flexibility index (Phi) is 5.11. The molecule has 2 amide bonds. The molecule has 0 aliphatic rings. The molecular formula is C16H18N2O2S. The molecule has 0 aliphatic heterocycles. The van der Waals surface area contributed by atoms with Gasteiger partial charge in [-0.25, -0.2) is 0 Å². The zero-order valence-corrected chi connectivity index (χ0v) is 12.9. The molecule has 4 nitrogen and oxygen atoms in total. The van der Waals surface area contributed by atoms with Crippen LogP contribution < -0.4 is 10.6 Å². The largest absolute Gasteiger partial charge is 0.350 e. The molecule has 110 valence electrons. The summed E-state index contributed by atoms with van der Waals surface area (Å²) < 4.78 is 0. The van der Waals surface area contributed by atoms with Gasteiger partial charge in [0.25, 0.3) is 11.8 Å². The van der Waals surface area contributed by atoms with Crippen LogP contribution in [-0.4, -0.2) is 17.9 Å². The van der Waals surface area contributed by atoms with Crippen LogP contribution in [0, 0.1) is 0 Å². The molecule has 0 radical (unpaired) electrons. The predicted molar refractivity (Wildman–Crippen MR) is 85.9 cm³/mol. The number of carbonyl (C=O) groups is 2. The fourth-order valence-electron chi connectivity index (χ4n) is 1.75. The minimum absolute atomic E-state index is 0.127. The summed E-state index contributed by atoms with van der Waals surface area (Å²) in [4.78, 5) is 24.7. The standard InChI is InChI=1S/C16H18N2O2S/c1-3-11(2)17-15(19)12-6-4-7-13(10-12)18-16(20)14-8-5-9-21-14/h4-11H,3H2,1-2H3,(H,17,19)(H,18,20). The van der Waals surface area contributed by atoms with Gasteiger partial charge in [-0.05, 0) is 43.0 Å². The van der Waals surface area contributed by atoms with Gasteiger partial charge < -0.3 is 10.6 Å². The molecule has 1 unspecified atom stereocenters. The van der Waals surface area contributed by atoms with Gasteiger partial charge in [0.1, 0.15) is 0 Å². The number of amides is 2. The van der Waals surface area contributed by atoms with Gasteiger partial charge in [-0.15, -0.1) is 11.3 Å². The van der Waals surface area contributed by atoms with E-state index in [0.29, 0.717) is 16.1 Å². The first-order valence-corrected chi connectivity index (χ1v) is 7.74. The van der Waals surface area contributed by atoms with Crippen LogP contribution >= 0.6 is 11.3 Å². The number of thiophene rings is 1. The summed E-state index contributed by atoms with van der Waals surface area (Å²) in [7, 11) is 0. The number of hydrogen-bond acceptors (Lipinski definition) is 3. The molecule has 0 spiro atoms. The van der Waals surface area contributed by atoms with Gasteiger partial charge in [0.05, 0.1) is 4.88 Å². The van der Waals surface area contributed by atoms with Crippen molar-refractivity contribution in [1.82, 2.24) is 5.32 Å². The number of nitrogens with one attached hydrogen (secondary N) is 2. The normalized spacial score (nSPS) is 11.7. The highest BCUT2D eigenvalue weighted by Gasteiger charge is 2.11. The average Bonchev–Trinajstić information content (AvgIpc) is 3.01. The van der Waals surface area contributed by atoms with Gasteiger partial charge in [0, 0.05) is 17.3 Å². The molecule has 2 aromatic rings. The number of anilines is 1.